The molecule has 0 radical (unpaired) electrons. The topological polar surface area (TPSA) is 102 Å². The largest absolute Gasteiger partial charge is 0.482 e. The van der Waals surface area contributed by atoms with Crippen LogP contribution in [-0.4, -0.2) is 51.9 Å². The first-order valence-electron chi connectivity index (χ1n) is 7.95. The van der Waals surface area contributed by atoms with E-state index in [-0.39, 0.29) is 11.5 Å². The number of nitrogens with one attached hydrogen (secondary N) is 1. The zero-order valence-electron chi connectivity index (χ0n) is 14.9. The molecule has 1 amide bonds. The van der Waals surface area contributed by atoms with Gasteiger partial charge >= 0.3 is 5.97 Å². The number of benzene rings is 2. The van der Waals surface area contributed by atoms with Gasteiger partial charge in [0.2, 0.25) is 10.0 Å². The zero-order valence-corrected chi connectivity index (χ0v) is 15.7. The number of sulfonamides is 1. The number of hydrogen-bond acceptors (Lipinski definition) is 6. The van der Waals surface area contributed by atoms with E-state index in [0.717, 1.165) is 4.31 Å². The van der Waals surface area contributed by atoms with E-state index < -0.39 is 28.5 Å². The second kappa shape index (κ2) is 9.15. The summed E-state index contributed by atoms with van der Waals surface area (Å²) in [5.41, 5.74) is 0.384. The monoisotopic (exact) mass is 392 g/mol. The van der Waals surface area contributed by atoms with Crippen molar-refractivity contribution in [2.24, 2.45) is 0 Å². The fraction of sp³-hybridized carbons (Fsp3) is 0.222. The van der Waals surface area contributed by atoms with Gasteiger partial charge in [0.15, 0.2) is 13.2 Å². The van der Waals surface area contributed by atoms with Crippen LogP contribution in [0.25, 0.3) is 0 Å². The molecule has 0 aromatic heterocycles. The van der Waals surface area contributed by atoms with Crippen molar-refractivity contribution in [2.45, 2.75) is 4.90 Å². The first-order valence-corrected chi connectivity index (χ1v) is 9.39. The fourth-order valence-corrected chi connectivity index (χ4v) is 2.87. The molecule has 0 unspecified atom stereocenters. The van der Waals surface area contributed by atoms with Crippen LogP contribution in [0.15, 0.2) is 59.5 Å². The van der Waals surface area contributed by atoms with Crippen LogP contribution >= 0.6 is 0 Å². The molecule has 9 heteroatoms. The van der Waals surface area contributed by atoms with Crippen molar-refractivity contribution in [3.8, 4) is 5.75 Å². The zero-order chi connectivity index (χ0) is 19.9. The van der Waals surface area contributed by atoms with Crippen molar-refractivity contribution >= 4 is 27.6 Å². The summed E-state index contributed by atoms with van der Waals surface area (Å²) < 4.78 is 35.1. The minimum atomic E-state index is -3.54. The molecule has 2 aromatic rings. The molecule has 2 rings (SSSR count). The van der Waals surface area contributed by atoms with Crippen LogP contribution in [-0.2, 0) is 24.3 Å². The number of ether oxygens (including phenoxy) is 2. The van der Waals surface area contributed by atoms with E-state index in [2.05, 4.69) is 5.32 Å². The summed E-state index contributed by atoms with van der Waals surface area (Å²) in [5, 5.41) is 2.51. The quantitative estimate of drug-likeness (QED) is 0.683. The number of hydrogen-bond donors (Lipinski definition) is 1. The molecule has 0 heterocycles. The van der Waals surface area contributed by atoms with Gasteiger partial charge in [0.25, 0.3) is 5.91 Å². The molecule has 2 aromatic carbocycles. The average molecular weight is 392 g/mol. The third-order valence-electron chi connectivity index (χ3n) is 3.38. The third kappa shape index (κ3) is 6.08. The highest BCUT2D eigenvalue weighted by atomic mass is 32.2. The van der Waals surface area contributed by atoms with Gasteiger partial charge in [0.1, 0.15) is 5.75 Å². The second-order valence-electron chi connectivity index (χ2n) is 5.62. The molecular weight excluding hydrogens is 372 g/mol. The molecule has 0 fully saturated rings. The van der Waals surface area contributed by atoms with Crippen molar-refractivity contribution in [1.29, 1.82) is 0 Å². The molecule has 8 nitrogen and oxygen atoms in total. The number of anilines is 1. The highest BCUT2D eigenvalue weighted by molar-refractivity contribution is 7.89. The number of esters is 1. The Labute approximate surface area is 157 Å². The van der Waals surface area contributed by atoms with Crippen LogP contribution in [0.1, 0.15) is 0 Å². The number of rotatable bonds is 8. The van der Waals surface area contributed by atoms with Gasteiger partial charge in [-0.2, -0.15) is 0 Å². The summed E-state index contributed by atoms with van der Waals surface area (Å²) in [6.07, 6.45) is 0. The maximum absolute atomic E-state index is 12.0. The summed E-state index contributed by atoms with van der Waals surface area (Å²) >= 11 is 0. The molecule has 27 heavy (non-hydrogen) atoms. The van der Waals surface area contributed by atoms with E-state index in [1.54, 1.807) is 24.3 Å². The Hall–Kier alpha value is -2.91. The van der Waals surface area contributed by atoms with Gasteiger partial charge < -0.3 is 14.8 Å². The third-order valence-corrected chi connectivity index (χ3v) is 5.21. The molecule has 0 saturated carbocycles. The van der Waals surface area contributed by atoms with Gasteiger partial charge in [-0.1, -0.05) is 18.2 Å². The normalized spacial score (nSPS) is 11.1. The van der Waals surface area contributed by atoms with E-state index in [4.69, 9.17) is 9.47 Å². The summed E-state index contributed by atoms with van der Waals surface area (Å²) in [7, 11) is -0.673. The molecule has 0 atom stereocenters. The van der Waals surface area contributed by atoms with Crippen molar-refractivity contribution in [1.82, 2.24) is 4.31 Å². The van der Waals surface area contributed by atoms with E-state index in [9.17, 15) is 18.0 Å². The van der Waals surface area contributed by atoms with Crippen LogP contribution in [0, 0.1) is 0 Å². The van der Waals surface area contributed by atoms with Gasteiger partial charge in [-0.15, -0.1) is 0 Å². The summed E-state index contributed by atoms with van der Waals surface area (Å²) in [4.78, 5) is 23.5. The molecule has 144 valence electrons. The van der Waals surface area contributed by atoms with Crippen LogP contribution in [0.3, 0.4) is 0 Å². The predicted molar refractivity (Wildman–Crippen MR) is 98.8 cm³/mol. The minimum Gasteiger partial charge on any atom is -0.482 e. The molecular formula is C18H20N2O6S. The maximum atomic E-state index is 12.0. The van der Waals surface area contributed by atoms with Gasteiger partial charge in [-0.25, -0.2) is 17.5 Å². The van der Waals surface area contributed by atoms with E-state index in [0.29, 0.717) is 11.4 Å². The number of nitrogens with zero attached hydrogens (tertiary/aromatic N) is 1. The Kier molecular flexibility index (Phi) is 6.91. The van der Waals surface area contributed by atoms with E-state index >= 15 is 0 Å². The lowest BCUT2D eigenvalue weighted by molar-refractivity contribution is -0.149. The number of para-hydroxylation sites is 1. The number of carbonyl (C=O) groups is 2. The Morgan fingerprint density at radius 3 is 2.19 bits per heavy atom. The first kappa shape index (κ1) is 20.4. The van der Waals surface area contributed by atoms with E-state index in [1.807, 2.05) is 6.07 Å². The van der Waals surface area contributed by atoms with E-state index in [1.165, 1.54) is 38.4 Å². The molecule has 0 bridgehead atoms. The van der Waals surface area contributed by atoms with Crippen molar-refractivity contribution < 1.29 is 27.5 Å². The molecule has 0 spiro atoms. The Morgan fingerprint density at radius 2 is 1.59 bits per heavy atom. The fourth-order valence-electron chi connectivity index (χ4n) is 1.96. The predicted octanol–water partition coefficient (Wildman–Crippen LogP) is 1.50. The average Bonchev–Trinajstić information content (AvgIpc) is 2.66. The van der Waals surface area contributed by atoms with Crippen LogP contribution in [0.2, 0.25) is 0 Å². The standard InChI is InChI=1S/C18H20N2O6S/c1-20(2)27(23,24)16-10-8-14(9-11-16)19-17(21)12-26-18(22)13-25-15-6-4-3-5-7-15/h3-11H,12-13H2,1-2H3,(H,19,21). The van der Waals surface area contributed by atoms with Crippen LogP contribution < -0.4 is 10.1 Å². The molecule has 0 aliphatic heterocycles. The van der Waals surface area contributed by atoms with Crippen LogP contribution in [0.5, 0.6) is 5.75 Å². The van der Waals surface area contributed by atoms with Crippen molar-refractivity contribution in [3.63, 3.8) is 0 Å². The summed E-state index contributed by atoms with van der Waals surface area (Å²) in [5.74, 6) is -0.709. The van der Waals surface area contributed by atoms with Crippen LogP contribution in [0.4, 0.5) is 5.69 Å². The highest BCUT2D eigenvalue weighted by Gasteiger charge is 2.17. The second-order valence-corrected chi connectivity index (χ2v) is 7.77. The highest BCUT2D eigenvalue weighted by Crippen LogP contribution is 2.16. The van der Waals surface area contributed by atoms with Crippen molar-refractivity contribution in [3.05, 3.63) is 54.6 Å². The molecule has 0 saturated heterocycles. The van der Waals surface area contributed by atoms with Gasteiger partial charge in [0.05, 0.1) is 4.90 Å². The smallest absolute Gasteiger partial charge is 0.344 e. The Bertz CT molecular complexity index is 880. The SMILES string of the molecule is CN(C)S(=O)(=O)c1ccc(NC(=O)COC(=O)COc2ccccc2)cc1. The Morgan fingerprint density at radius 1 is 0.963 bits per heavy atom. The van der Waals surface area contributed by atoms with Gasteiger partial charge in [-0.05, 0) is 36.4 Å². The molecule has 0 aliphatic rings. The number of amides is 1. The lowest BCUT2D eigenvalue weighted by Gasteiger charge is -2.12. The lowest BCUT2D eigenvalue weighted by atomic mass is 10.3. The summed E-state index contributed by atoms with van der Waals surface area (Å²) in [6.45, 7) is -0.789. The van der Waals surface area contributed by atoms with Gasteiger partial charge in [0, 0.05) is 19.8 Å². The minimum absolute atomic E-state index is 0.106. The molecule has 0 aliphatic carbocycles. The summed E-state index contributed by atoms with van der Waals surface area (Å²) in [6, 6.07) is 14.4. The molecule has 1 N–H and O–H groups in total. The van der Waals surface area contributed by atoms with Crippen molar-refractivity contribution in [2.75, 3.05) is 32.6 Å². The lowest BCUT2D eigenvalue weighted by Crippen LogP contribution is -2.24. The Balaban J connectivity index is 1.79. The number of carbonyl (C=O) groups excluding carboxylic acids is 2. The maximum Gasteiger partial charge on any atom is 0.344 e. The first-order chi connectivity index (χ1) is 12.8. The van der Waals surface area contributed by atoms with Gasteiger partial charge in [-0.3, -0.25) is 4.79 Å².